The number of para-hydroxylation sites is 1. The third-order valence-electron chi connectivity index (χ3n) is 2.56. The minimum atomic E-state index is -4.64. The molecular formula is C13H15F4NO2. The van der Waals surface area contributed by atoms with Gasteiger partial charge in [0.15, 0.2) is 0 Å². The van der Waals surface area contributed by atoms with Crippen LogP contribution in [-0.2, 0) is 4.79 Å². The van der Waals surface area contributed by atoms with Crippen LogP contribution in [0, 0.1) is 0 Å². The van der Waals surface area contributed by atoms with Gasteiger partial charge in [-0.3, -0.25) is 4.79 Å². The zero-order valence-electron chi connectivity index (χ0n) is 10.9. The quantitative estimate of drug-likeness (QED) is 0.571. The fourth-order valence-electron chi connectivity index (χ4n) is 1.46. The van der Waals surface area contributed by atoms with E-state index >= 15 is 0 Å². The van der Waals surface area contributed by atoms with Gasteiger partial charge in [0.05, 0.1) is 6.61 Å². The summed E-state index contributed by atoms with van der Waals surface area (Å²) in [6.45, 7) is 0.107. The number of benzene rings is 1. The molecule has 0 aromatic heterocycles. The summed E-state index contributed by atoms with van der Waals surface area (Å²) in [6.07, 6.45) is -3.74. The molecule has 1 amide bonds. The van der Waals surface area contributed by atoms with Crippen LogP contribution in [0.5, 0.6) is 5.75 Å². The summed E-state index contributed by atoms with van der Waals surface area (Å²) in [6, 6.07) is 8.80. The van der Waals surface area contributed by atoms with E-state index in [1.807, 2.05) is 6.07 Å². The van der Waals surface area contributed by atoms with Gasteiger partial charge >= 0.3 is 12.3 Å². The first kappa shape index (κ1) is 16.3. The van der Waals surface area contributed by atoms with Gasteiger partial charge in [0.1, 0.15) is 5.75 Å². The lowest BCUT2D eigenvalue weighted by Crippen LogP contribution is -2.46. The molecule has 1 aromatic carbocycles. The Hall–Kier alpha value is -1.79. The molecule has 0 aliphatic carbocycles. The summed E-state index contributed by atoms with van der Waals surface area (Å²) in [5, 5.41) is 0. The van der Waals surface area contributed by atoms with E-state index in [9.17, 15) is 22.4 Å². The Labute approximate surface area is 114 Å². The molecule has 20 heavy (non-hydrogen) atoms. The molecule has 1 aromatic rings. The number of rotatable bonds is 7. The minimum Gasteiger partial charge on any atom is -0.494 e. The molecule has 0 aliphatic heterocycles. The molecule has 7 heteroatoms. The van der Waals surface area contributed by atoms with E-state index in [1.54, 1.807) is 24.3 Å². The first-order valence-corrected chi connectivity index (χ1v) is 5.95. The lowest BCUT2D eigenvalue weighted by molar-refractivity contribution is -0.179. The van der Waals surface area contributed by atoms with Gasteiger partial charge in [0, 0.05) is 13.6 Å². The number of amides is 1. The SMILES string of the molecule is CN(CCCOc1ccccc1)C(=O)C(F)(F)C(F)F. The third kappa shape index (κ3) is 4.40. The van der Waals surface area contributed by atoms with Crippen LogP contribution >= 0.6 is 0 Å². The number of ether oxygens (including phenoxy) is 1. The van der Waals surface area contributed by atoms with Gasteiger partial charge in [-0.15, -0.1) is 0 Å². The Morgan fingerprint density at radius 1 is 1.30 bits per heavy atom. The number of hydrogen-bond acceptors (Lipinski definition) is 2. The molecule has 0 bridgehead atoms. The van der Waals surface area contributed by atoms with Crippen molar-refractivity contribution in [2.75, 3.05) is 20.2 Å². The van der Waals surface area contributed by atoms with Crippen LogP contribution in [0.25, 0.3) is 0 Å². The molecule has 0 N–H and O–H groups in total. The fraction of sp³-hybridized carbons (Fsp3) is 0.462. The molecular weight excluding hydrogens is 278 g/mol. The van der Waals surface area contributed by atoms with Crippen LogP contribution in [0.1, 0.15) is 6.42 Å². The largest absolute Gasteiger partial charge is 0.494 e. The standard InChI is InChI=1S/C13H15F4NO2/c1-18(12(19)13(16,17)11(14)15)8-5-9-20-10-6-3-2-4-7-10/h2-4,6-7,11H,5,8-9H2,1H3. The zero-order chi connectivity index (χ0) is 15.2. The molecule has 1 rings (SSSR count). The molecule has 0 aliphatic rings. The highest BCUT2D eigenvalue weighted by Gasteiger charge is 2.50. The van der Waals surface area contributed by atoms with Crippen molar-refractivity contribution in [3.63, 3.8) is 0 Å². The number of carbonyl (C=O) groups is 1. The van der Waals surface area contributed by atoms with E-state index < -0.39 is 18.3 Å². The predicted octanol–water partition coefficient (Wildman–Crippen LogP) is 2.81. The molecule has 0 heterocycles. The second kappa shape index (κ2) is 7.12. The van der Waals surface area contributed by atoms with Crippen molar-refractivity contribution in [2.45, 2.75) is 18.8 Å². The van der Waals surface area contributed by atoms with Gasteiger partial charge in [0.2, 0.25) is 0 Å². The lowest BCUT2D eigenvalue weighted by Gasteiger charge is -2.22. The Kier molecular flexibility index (Phi) is 5.79. The molecule has 0 unspecified atom stereocenters. The maximum atomic E-state index is 12.8. The topological polar surface area (TPSA) is 29.5 Å². The van der Waals surface area contributed by atoms with Gasteiger partial charge in [-0.2, -0.15) is 8.78 Å². The number of halogens is 4. The molecule has 0 saturated carbocycles. The number of hydrogen-bond donors (Lipinski definition) is 0. The summed E-state index contributed by atoms with van der Waals surface area (Å²) in [7, 11) is 1.06. The van der Waals surface area contributed by atoms with E-state index in [0.29, 0.717) is 10.6 Å². The Balaban J connectivity index is 2.33. The third-order valence-corrected chi connectivity index (χ3v) is 2.56. The average molecular weight is 293 g/mol. The van der Waals surface area contributed by atoms with E-state index in [0.717, 1.165) is 7.05 Å². The highest BCUT2D eigenvalue weighted by molar-refractivity contribution is 5.83. The normalized spacial score (nSPS) is 11.5. The first-order chi connectivity index (χ1) is 9.35. The summed E-state index contributed by atoms with van der Waals surface area (Å²) in [5.74, 6) is -5.92. The van der Waals surface area contributed by atoms with Crippen molar-refractivity contribution in [1.29, 1.82) is 0 Å². The maximum Gasteiger partial charge on any atom is 0.383 e. The first-order valence-electron chi connectivity index (χ1n) is 5.95. The molecule has 0 saturated heterocycles. The summed E-state index contributed by atoms with van der Waals surface area (Å²) in [5.41, 5.74) is 0. The highest BCUT2D eigenvalue weighted by Crippen LogP contribution is 2.24. The van der Waals surface area contributed by atoms with E-state index in [4.69, 9.17) is 4.74 Å². The van der Waals surface area contributed by atoms with E-state index in [1.165, 1.54) is 0 Å². The van der Waals surface area contributed by atoms with Crippen molar-refractivity contribution < 1.29 is 27.1 Å². The van der Waals surface area contributed by atoms with Gasteiger partial charge in [-0.25, -0.2) is 8.78 Å². The highest BCUT2D eigenvalue weighted by atomic mass is 19.3. The summed E-state index contributed by atoms with van der Waals surface area (Å²) in [4.78, 5) is 11.7. The molecule has 0 spiro atoms. The second-order valence-corrected chi connectivity index (χ2v) is 4.17. The molecule has 0 radical (unpaired) electrons. The average Bonchev–Trinajstić information content (AvgIpc) is 2.43. The van der Waals surface area contributed by atoms with Gasteiger partial charge < -0.3 is 9.64 Å². The van der Waals surface area contributed by atoms with Crippen molar-refractivity contribution in [2.24, 2.45) is 0 Å². The van der Waals surface area contributed by atoms with Crippen LogP contribution in [-0.4, -0.2) is 43.4 Å². The van der Waals surface area contributed by atoms with E-state index in [-0.39, 0.29) is 19.6 Å². The molecule has 3 nitrogen and oxygen atoms in total. The number of alkyl halides is 4. The fourth-order valence-corrected chi connectivity index (χ4v) is 1.46. The van der Waals surface area contributed by atoms with E-state index in [2.05, 4.69) is 0 Å². The smallest absolute Gasteiger partial charge is 0.383 e. The van der Waals surface area contributed by atoms with Crippen LogP contribution < -0.4 is 4.74 Å². The van der Waals surface area contributed by atoms with Crippen molar-refractivity contribution in [3.8, 4) is 5.75 Å². The van der Waals surface area contributed by atoms with Crippen molar-refractivity contribution in [3.05, 3.63) is 30.3 Å². The monoisotopic (exact) mass is 293 g/mol. The number of carbonyl (C=O) groups excluding carboxylic acids is 1. The van der Waals surface area contributed by atoms with Crippen LogP contribution in [0.4, 0.5) is 17.6 Å². The van der Waals surface area contributed by atoms with Crippen molar-refractivity contribution >= 4 is 5.91 Å². The maximum absolute atomic E-state index is 12.8. The summed E-state index contributed by atoms with van der Waals surface area (Å²) >= 11 is 0. The van der Waals surface area contributed by atoms with Crippen LogP contribution in [0.15, 0.2) is 30.3 Å². The predicted molar refractivity (Wildman–Crippen MR) is 65.1 cm³/mol. The Morgan fingerprint density at radius 2 is 1.90 bits per heavy atom. The number of nitrogens with zero attached hydrogens (tertiary/aromatic N) is 1. The van der Waals surface area contributed by atoms with Crippen molar-refractivity contribution in [1.82, 2.24) is 4.90 Å². The van der Waals surface area contributed by atoms with Crippen LogP contribution in [0.3, 0.4) is 0 Å². The molecule has 0 fully saturated rings. The minimum absolute atomic E-state index is 0.0893. The summed E-state index contributed by atoms with van der Waals surface area (Å²) < 4.78 is 54.9. The van der Waals surface area contributed by atoms with Gasteiger partial charge in [-0.1, -0.05) is 18.2 Å². The zero-order valence-corrected chi connectivity index (χ0v) is 10.9. The molecule has 0 atom stereocenters. The molecule has 112 valence electrons. The second-order valence-electron chi connectivity index (χ2n) is 4.17. The lowest BCUT2D eigenvalue weighted by atomic mass is 10.3. The van der Waals surface area contributed by atoms with Crippen LogP contribution in [0.2, 0.25) is 0 Å². The van der Waals surface area contributed by atoms with Gasteiger partial charge in [-0.05, 0) is 18.6 Å². The Morgan fingerprint density at radius 3 is 2.45 bits per heavy atom. The van der Waals surface area contributed by atoms with Gasteiger partial charge in [0.25, 0.3) is 5.91 Å². The Bertz CT molecular complexity index is 426.